The van der Waals surface area contributed by atoms with Gasteiger partial charge in [-0.25, -0.2) is 4.39 Å². The number of carbonyl (C=O) groups excluding carboxylic acids is 1. The molecule has 0 amide bonds. The van der Waals surface area contributed by atoms with Gasteiger partial charge in [0, 0.05) is 23.6 Å². The number of aromatic nitrogens is 1. The SMILES string of the molecule is COc1ccc(C(=O)CCc2cc[n+](Cc3cccc(F)c3)cc2C#N)cc1OC.[Br-]. The minimum atomic E-state index is -0.293. The number of nitriles is 1. The van der Waals surface area contributed by atoms with Gasteiger partial charge in [0.1, 0.15) is 17.4 Å². The van der Waals surface area contributed by atoms with E-state index in [1.54, 1.807) is 37.6 Å². The molecule has 0 saturated carbocycles. The van der Waals surface area contributed by atoms with E-state index in [1.165, 1.54) is 19.2 Å². The summed E-state index contributed by atoms with van der Waals surface area (Å²) in [7, 11) is 3.06. The summed E-state index contributed by atoms with van der Waals surface area (Å²) in [6.45, 7) is 0.456. The van der Waals surface area contributed by atoms with Gasteiger partial charge in [-0.15, -0.1) is 0 Å². The molecule has 0 radical (unpaired) electrons. The summed E-state index contributed by atoms with van der Waals surface area (Å²) in [5.74, 6) is 0.723. The molecule has 0 fully saturated rings. The zero-order valence-corrected chi connectivity index (χ0v) is 18.9. The number of rotatable bonds is 8. The fourth-order valence-corrected chi connectivity index (χ4v) is 3.23. The highest BCUT2D eigenvalue weighted by Gasteiger charge is 2.14. The van der Waals surface area contributed by atoms with E-state index >= 15 is 0 Å². The number of pyridine rings is 1. The maximum atomic E-state index is 13.4. The molecule has 3 rings (SSSR count). The van der Waals surface area contributed by atoms with E-state index in [-0.39, 0.29) is 35.0 Å². The zero-order chi connectivity index (χ0) is 21.5. The Morgan fingerprint density at radius 3 is 2.55 bits per heavy atom. The summed E-state index contributed by atoms with van der Waals surface area (Å²) in [6, 6.07) is 15.4. The number of ether oxygens (including phenoxy) is 2. The van der Waals surface area contributed by atoms with E-state index in [4.69, 9.17) is 9.47 Å². The predicted molar refractivity (Wildman–Crippen MR) is 109 cm³/mol. The maximum absolute atomic E-state index is 13.4. The Hall–Kier alpha value is -3.24. The number of halogens is 2. The number of hydrogen-bond donors (Lipinski definition) is 0. The number of ketones is 1. The molecule has 2 aromatic carbocycles. The predicted octanol–water partition coefficient (Wildman–Crippen LogP) is 0.870. The maximum Gasteiger partial charge on any atom is 0.187 e. The van der Waals surface area contributed by atoms with Crippen LogP contribution in [-0.2, 0) is 13.0 Å². The minimum absolute atomic E-state index is 0. The van der Waals surface area contributed by atoms with E-state index in [0.29, 0.717) is 35.6 Å². The Balaban J connectivity index is 0.00000341. The van der Waals surface area contributed by atoms with Gasteiger partial charge in [-0.05, 0) is 42.3 Å². The number of Topliss-reactive ketones (excluding diaryl/α,β-unsaturated/α-hetero) is 1. The number of nitrogens with zero attached hydrogens (tertiary/aromatic N) is 2. The van der Waals surface area contributed by atoms with Crippen molar-refractivity contribution in [2.24, 2.45) is 0 Å². The number of benzene rings is 2. The van der Waals surface area contributed by atoms with Crippen molar-refractivity contribution in [1.82, 2.24) is 0 Å². The quantitative estimate of drug-likeness (QED) is 0.351. The van der Waals surface area contributed by atoms with E-state index in [0.717, 1.165) is 11.1 Å². The fourth-order valence-electron chi connectivity index (χ4n) is 3.23. The molecule has 0 spiro atoms. The number of aryl methyl sites for hydroxylation is 1. The van der Waals surface area contributed by atoms with Crippen LogP contribution in [0.25, 0.3) is 0 Å². The lowest BCUT2D eigenvalue weighted by atomic mass is 10.0. The van der Waals surface area contributed by atoms with Crippen molar-refractivity contribution in [2.45, 2.75) is 19.4 Å². The van der Waals surface area contributed by atoms with Gasteiger partial charge in [-0.3, -0.25) is 4.79 Å². The van der Waals surface area contributed by atoms with Crippen LogP contribution >= 0.6 is 0 Å². The molecule has 0 aliphatic carbocycles. The molecule has 5 nitrogen and oxygen atoms in total. The highest BCUT2D eigenvalue weighted by atomic mass is 79.9. The summed E-state index contributed by atoms with van der Waals surface area (Å²) in [6.07, 6.45) is 4.26. The molecular weight excluding hydrogens is 463 g/mol. The lowest BCUT2D eigenvalue weighted by Gasteiger charge is -2.09. The number of hydrogen-bond acceptors (Lipinski definition) is 4. The third kappa shape index (κ3) is 6.12. The third-order valence-electron chi connectivity index (χ3n) is 4.81. The van der Waals surface area contributed by atoms with Crippen LogP contribution in [0.4, 0.5) is 4.39 Å². The van der Waals surface area contributed by atoms with Gasteiger partial charge in [0.05, 0.1) is 14.2 Å². The van der Waals surface area contributed by atoms with Gasteiger partial charge in [0.25, 0.3) is 0 Å². The van der Waals surface area contributed by atoms with Crippen LogP contribution in [0.3, 0.4) is 0 Å². The van der Waals surface area contributed by atoms with Crippen molar-refractivity contribution in [2.75, 3.05) is 14.2 Å². The van der Waals surface area contributed by atoms with Crippen LogP contribution in [0.2, 0.25) is 0 Å². The Morgan fingerprint density at radius 2 is 1.87 bits per heavy atom. The molecular formula is C24H22BrFN2O3. The van der Waals surface area contributed by atoms with E-state index in [1.807, 2.05) is 22.9 Å². The lowest BCUT2D eigenvalue weighted by Crippen LogP contribution is -3.00. The zero-order valence-electron chi connectivity index (χ0n) is 17.3. The van der Waals surface area contributed by atoms with Crippen LogP contribution in [0.1, 0.15) is 33.5 Å². The number of carbonyl (C=O) groups is 1. The van der Waals surface area contributed by atoms with Crippen LogP contribution in [0.15, 0.2) is 60.9 Å². The molecule has 3 aromatic rings. The average molecular weight is 485 g/mol. The molecule has 1 heterocycles. The van der Waals surface area contributed by atoms with E-state index in [2.05, 4.69) is 6.07 Å². The van der Waals surface area contributed by atoms with E-state index < -0.39 is 0 Å². The third-order valence-corrected chi connectivity index (χ3v) is 4.81. The van der Waals surface area contributed by atoms with Crippen molar-refractivity contribution >= 4 is 5.78 Å². The molecule has 0 atom stereocenters. The molecule has 0 unspecified atom stereocenters. The smallest absolute Gasteiger partial charge is 0.187 e. The molecule has 0 N–H and O–H groups in total. The first-order valence-corrected chi connectivity index (χ1v) is 9.45. The van der Waals surface area contributed by atoms with Crippen molar-refractivity contribution in [3.63, 3.8) is 0 Å². The van der Waals surface area contributed by atoms with Crippen LogP contribution < -0.4 is 31.0 Å². The Kier molecular flexibility index (Phi) is 8.71. The summed E-state index contributed by atoms with van der Waals surface area (Å²) in [5, 5.41) is 9.52. The highest BCUT2D eigenvalue weighted by molar-refractivity contribution is 5.96. The first-order chi connectivity index (χ1) is 14.5. The molecule has 0 aliphatic heterocycles. The van der Waals surface area contributed by atoms with Crippen molar-refractivity contribution in [3.05, 3.63) is 89.0 Å². The van der Waals surface area contributed by atoms with Crippen LogP contribution in [0.5, 0.6) is 11.5 Å². The summed E-state index contributed by atoms with van der Waals surface area (Å²) < 4.78 is 25.6. The first kappa shape index (κ1) is 24.0. The van der Waals surface area contributed by atoms with Crippen molar-refractivity contribution in [1.29, 1.82) is 5.26 Å². The largest absolute Gasteiger partial charge is 1.00 e. The van der Waals surface area contributed by atoms with Crippen LogP contribution in [-0.4, -0.2) is 20.0 Å². The monoisotopic (exact) mass is 484 g/mol. The Labute approximate surface area is 191 Å². The fraction of sp³-hybridized carbons (Fsp3) is 0.208. The second kappa shape index (κ2) is 11.2. The van der Waals surface area contributed by atoms with Gasteiger partial charge < -0.3 is 26.5 Å². The van der Waals surface area contributed by atoms with Gasteiger partial charge in [0.15, 0.2) is 36.2 Å². The molecule has 7 heteroatoms. The Bertz CT molecular complexity index is 1110. The molecule has 1 aromatic heterocycles. The van der Waals surface area contributed by atoms with Gasteiger partial charge in [0.2, 0.25) is 0 Å². The normalized spacial score (nSPS) is 10.0. The second-order valence-corrected chi connectivity index (χ2v) is 6.79. The first-order valence-electron chi connectivity index (χ1n) is 9.45. The molecule has 0 bridgehead atoms. The topological polar surface area (TPSA) is 63.2 Å². The summed E-state index contributed by atoms with van der Waals surface area (Å²) in [5.41, 5.74) is 2.62. The van der Waals surface area contributed by atoms with Gasteiger partial charge in [-0.1, -0.05) is 12.1 Å². The lowest BCUT2D eigenvalue weighted by molar-refractivity contribution is -0.688. The Morgan fingerprint density at radius 1 is 1.10 bits per heavy atom. The minimum Gasteiger partial charge on any atom is -1.00 e. The summed E-state index contributed by atoms with van der Waals surface area (Å²) in [4.78, 5) is 12.6. The van der Waals surface area contributed by atoms with Crippen LogP contribution in [0, 0.1) is 17.1 Å². The number of methoxy groups -OCH3 is 2. The highest BCUT2D eigenvalue weighted by Crippen LogP contribution is 2.28. The van der Waals surface area contributed by atoms with Gasteiger partial charge in [-0.2, -0.15) is 9.83 Å². The van der Waals surface area contributed by atoms with Crippen molar-refractivity contribution < 1.29 is 40.2 Å². The molecule has 0 aliphatic rings. The average Bonchev–Trinajstić information content (AvgIpc) is 2.77. The summed E-state index contributed by atoms with van der Waals surface area (Å²) >= 11 is 0. The molecule has 160 valence electrons. The standard InChI is InChI=1S/C24H22FN2O3.BrH/c1-29-23-9-7-19(13-24(23)30-2)22(28)8-6-18-10-11-27(16-20(18)14-26)15-17-4-3-5-21(25)12-17;/h3-5,7,9-13,16H,6,8,15H2,1-2H3;1H/q+1;/p-1. The van der Waals surface area contributed by atoms with E-state index in [9.17, 15) is 14.4 Å². The second-order valence-electron chi connectivity index (χ2n) is 6.79. The molecule has 31 heavy (non-hydrogen) atoms. The van der Waals surface area contributed by atoms with Crippen molar-refractivity contribution in [3.8, 4) is 17.6 Å². The molecule has 0 saturated heterocycles. The van der Waals surface area contributed by atoms with Gasteiger partial charge >= 0.3 is 0 Å².